The Morgan fingerprint density at radius 2 is 1.40 bits per heavy atom. The minimum atomic E-state index is -4.91. The van der Waals surface area contributed by atoms with Crippen molar-refractivity contribution in [3.05, 3.63) is 29.3 Å². The molecule has 1 aromatic carbocycles. The second kappa shape index (κ2) is 4.62. The number of anilines is 1. The lowest BCUT2D eigenvalue weighted by Gasteiger charge is -2.13. The summed E-state index contributed by atoms with van der Waals surface area (Å²) in [4.78, 5) is 3.58. The Kier molecular flexibility index (Phi) is 3.36. The Bertz CT molecular complexity index is 598. The molecule has 1 aromatic heterocycles. The van der Waals surface area contributed by atoms with Crippen molar-refractivity contribution in [3.63, 3.8) is 0 Å². The van der Waals surface area contributed by atoms with Crippen LogP contribution in [-0.4, -0.2) is 9.36 Å². The summed E-state index contributed by atoms with van der Waals surface area (Å²) in [5.41, 5.74) is 2.03. The number of hydrogen-bond donors (Lipinski definition) is 1. The van der Waals surface area contributed by atoms with Crippen molar-refractivity contribution < 1.29 is 26.3 Å². The molecule has 0 saturated heterocycles. The highest BCUT2D eigenvalue weighted by molar-refractivity contribution is 7.09. The number of benzene rings is 1. The zero-order valence-corrected chi connectivity index (χ0v) is 10.2. The zero-order chi connectivity index (χ0) is 15.1. The maximum Gasteiger partial charge on any atom is 0.416 e. The number of nitrogen functional groups attached to an aromatic ring is 1. The topological polar surface area (TPSA) is 51.8 Å². The van der Waals surface area contributed by atoms with E-state index in [1.807, 2.05) is 0 Å². The van der Waals surface area contributed by atoms with Crippen molar-refractivity contribution in [2.45, 2.75) is 12.4 Å². The van der Waals surface area contributed by atoms with Gasteiger partial charge < -0.3 is 5.73 Å². The first-order valence-corrected chi connectivity index (χ1v) is 5.74. The molecule has 0 aliphatic heterocycles. The molecule has 2 aromatic rings. The minimum Gasteiger partial charge on any atom is -0.374 e. The second-order valence-electron chi connectivity index (χ2n) is 3.75. The molecule has 0 spiro atoms. The van der Waals surface area contributed by atoms with Gasteiger partial charge in [-0.25, -0.2) is 0 Å². The average Bonchev–Trinajstić information content (AvgIpc) is 2.73. The summed E-state index contributed by atoms with van der Waals surface area (Å²) in [5.74, 6) is -0.274. The molecular weight excluding hydrogens is 308 g/mol. The first kappa shape index (κ1) is 14.6. The lowest BCUT2D eigenvalue weighted by atomic mass is 10.0. The third-order valence-corrected chi connectivity index (χ3v) is 2.83. The lowest BCUT2D eigenvalue weighted by molar-refractivity contribution is -0.143. The van der Waals surface area contributed by atoms with Gasteiger partial charge in [-0.15, -0.1) is 0 Å². The van der Waals surface area contributed by atoms with Crippen molar-refractivity contribution in [2.24, 2.45) is 0 Å². The molecule has 0 bridgehead atoms. The number of aromatic nitrogens is 2. The van der Waals surface area contributed by atoms with Gasteiger partial charge in [0.15, 0.2) is 11.0 Å². The molecule has 0 fully saturated rings. The van der Waals surface area contributed by atoms with Gasteiger partial charge >= 0.3 is 12.4 Å². The van der Waals surface area contributed by atoms with Crippen LogP contribution in [-0.2, 0) is 12.4 Å². The van der Waals surface area contributed by atoms with E-state index < -0.39 is 23.5 Å². The van der Waals surface area contributed by atoms with Crippen LogP contribution in [0.1, 0.15) is 11.1 Å². The predicted molar refractivity (Wildman–Crippen MR) is 59.8 cm³/mol. The summed E-state index contributed by atoms with van der Waals surface area (Å²) in [6, 6.07) is 1.15. The molecule has 0 radical (unpaired) electrons. The number of nitrogens with zero attached hydrogens (tertiary/aromatic N) is 2. The number of nitrogens with two attached hydrogens (primary N) is 1. The standard InChI is InChI=1S/C10H5F6N3S/c11-9(12,13)5-1-4(7-18-8(17)20-19-7)2-6(3-5)10(14,15)16/h1-3H,(H2,17,18,19). The zero-order valence-electron chi connectivity index (χ0n) is 9.38. The van der Waals surface area contributed by atoms with E-state index in [9.17, 15) is 26.3 Å². The third kappa shape index (κ3) is 3.00. The molecule has 0 aliphatic carbocycles. The van der Waals surface area contributed by atoms with E-state index in [2.05, 4.69) is 9.36 Å². The summed E-state index contributed by atoms with van der Waals surface area (Å²) in [5, 5.41) is -0.0500. The molecule has 0 atom stereocenters. The van der Waals surface area contributed by atoms with Gasteiger partial charge in [-0.2, -0.15) is 35.7 Å². The molecule has 1 heterocycles. The monoisotopic (exact) mass is 313 g/mol. The highest BCUT2D eigenvalue weighted by atomic mass is 32.1. The molecule has 0 amide bonds. The van der Waals surface area contributed by atoms with Gasteiger partial charge in [-0.1, -0.05) is 0 Å². The summed E-state index contributed by atoms with van der Waals surface area (Å²) in [6.07, 6.45) is -9.81. The van der Waals surface area contributed by atoms with E-state index in [1.165, 1.54) is 0 Å². The van der Waals surface area contributed by atoms with Crippen LogP contribution >= 0.6 is 11.5 Å². The van der Waals surface area contributed by atoms with Crippen molar-refractivity contribution in [2.75, 3.05) is 5.73 Å². The lowest BCUT2D eigenvalue weighted by Crippen LogP contribution is -2.11. The van der Waals surface area contributed by atoms with Gasteiger partial charge in [0.2, 0.25) is 0 Å². The molecule has 0 aliphatic rings. The van der Waals surface area contributed by atoms with E-state index in [0.717, 1.165) is 0 Å². The maximum atomic E-state index is 12.6. The molecule has 108 valence electrons. The number of halogens is 6. The SMILES string of the molecule is Nc1nc(-c2cc(C(F)(F)F)cc(C(F)(F)F)c2)ns1. The van der Waals surface area contributed by atoms with E-state index in [0.29, 0.717) is 23.7 Å². The molecule has 3 nitrogen and oxygen atoms in total. The van der Waals surface area contributed by atoms with Crippen LogP contribution in [0.5, 0.6) is 0 Å². The van der Waals surface area contributed by atoms with Gasteiger partial charge in [0.25, 0.3) is 0 Å². The van der Waals surface area contributed by atoms with Gasteiger partial charge in [0.1, 0.15) is 0 Å². The van der Waals surface area contributed by atoms with Gasteiger partial charge in [0.05, 0.1) is 11.1 Å². The van der Waals surface area contributed by atoms with Crippen LogP contribution in [0.15, 0.2) is 18.2 Å². The molecule has 20 heavy (non-hydrogen) atoms. The molecule has 10 heteroatoms. The van der Waals surface area contributed by atoms with Crippen molar-refractivity contribution in [3.8, 4) is 11.4 Å². The quantitative estimate of drug-likeness (QED) is 0.814. The highest BCUT2D eigenvalue weighted by Crippen LogP contribution is 2.38. The number of rotatable bonds is 1. The van der Waals surface area contributed by atoms with E-state index in [4.69, 9.17) is 5.73 Å². The van der Waals surface area contributed by atoms with Crippen LogP contribution in [0.4, 0.5) is 31.5 Å². The Hall–Kier alpha value is -1.84. The van der Waals surface area contributed by atoms with Crippen molar-refractivity contribution in [1.82, 2.24) is 9.36 Å². The van der Waals surface area contributed by atoms with Crippen LogP contribution in [0.2, 0.25) is 0 Å². The van der Waals surface area contributed by atoms with E-state index in [-0.39, 0.29) is 22.6 Å². The fourth-order valence-electron chi connectivity index (χ4n) is 1.44. The second-order valence-corrected chi connectivity index (χ2v) is 4.53. The first-order chi connectivity index (χ1) is 9.07. The first-order valence-electron chi connectivity index (χ1n) is 4.96. The van der Waals surface area contributed by atoms with Crippen molar-refractivity contribution in [1.29, 1.82) is 0 Å². The molecule has 2 N–H and O–H groups in total. The normalized spacial score (nSPS) is 12.7. The van der Waals surface area contributed by atoms with Crippen LogP contribution < -0.4 is 5.73 Å². The smallest absolute Gasteiger partial charge is 0.374 e. The Balaban J connectivity index is 2.63. The summed E-state index contributed by atoms with van der Waals surface area (Å²) < 4.78 is 79.4. The van der Waals surface area contributed by atoms with E-state index in [1.54, 1.807) is 0 Å². The van der Waals surface area contributed by atoms with E-state index >= 15 is 0 Å². The summed E-state index contributed by atoms with van der Waals surface area (Å²) in [7, 11) is 0. The molecule has 2 rings (SSSR count). The Morgan fingerprint density at radius 3 is 1.75 bits per heavy atom. The maximum absolute atomic E-state index is 12.6. The molecular formula is C10H5F6N3S. The minimum absolute atomic E-state index is 0.0409. The average molecular weight is 313 g/mol. The van der Waals surface area contributed by atoms with Gasteiger partial charge in [0, 0.05) is 17.1 Å². The molecule has 0 unspecified atom stereocenters. The van der Waals surface area contributed by atoms with Crippen molar-refractivity contribution >= 4 is 16.7 Å². The highest BCUT2D eigenvalue weighted by Gasteiger charge is 2.37. The van der Waals surface area contributed by atoms with Crippen LogP contribution in [0.25, 0.3) is 11.4 Å². The Morgan fingerprint density at radius 1 is 0.900 bits per heavy atom. The number of hydrogen-bond acceptors (Lipinski definition) is 4. The third-order valence-electron chi connectivity index (χ3n) is 2.29. The largest absolute Gasteiger partial charge is 0.416 e. The van der Waals surface area contributed by atoms with Crippen LogP contribution in [0, 0.1) is 0 Å². The Labute approximate surface area is 112 Å². The van der Waals surface area contributed by atoms with Gasteiger partial charge in [-0.05, 0) is 18.2 Å². The summed E-state index contributed by atoms with van der Waals surface area (Å²) >= 11 is 0.680. The fraction of sp³-hybridized carbons (Fsp3) is 0.200. The molecule has 0 saturated carbocycles. The fourth-order valence-corrected chi connectivity index (χ4v) is 1.89. The summed E-state index contributed by atoms with van der Waals surface area (Å²) in [6.45, 7) is 0. The number of alkyl halides is 6. The predicted octanol–water partition coefficient (Wildman–Crippen LogP) is 3.82. The van der Waals surface area contributed by atoms with Gasteiger partial charge in [-0.3, -0.25) is 0 Å². The van der Waals surface area contributed by atoms with Crippen LogP contribution in [0.3, 0.4) is 0 Å².